The van der Waals surface area contributed by atoms with Gasteiger partial charge in [-0.15, -0.1) is 0 Å². The SMILES string of the molecule is COc1ccc(C23CCC(NC(=O)Nc4ccc(F)c(Cl)c4)CC2N(C2CCCCC2)CC3)cc1OC. The Morgan fingerprint density at radius 1 is 1.03 bits per heavy atom. The minimum atomic E-state index is -0.504. The van der Waals surface area contributed by atoms with Crippen LogP contribution in [-0.4, -0.2) is 49.8 Å². The van der Waals surface area contributed by atoms with Gasteiger partial charge in [-0.25, -0.2) is 9.18 Å². The second kappa shape index (κ2) is 11.1. The van der Waals surface area contributed by atoms with Crippen molar-refractivity contribution < 1.29 is 18.7 Å². The smallest absolute Gasteiger partial charge is 0.319 e. The second-order valence-corrected chi connectivity index (χ2v) is 11.1. The third-order valence-corrected chi connectivity index (χ3v) is 9.11. The topological polar surface area (TPSA) is 62.8 Å². The number of anilines is 1. The average molecular weight is 530 g/mol. The minimum absolute atomic E-state index is 0.00995. The van der Waals surface area contributed by atoms with E-state index in [4.69, 9.17) is 21.1 Å². The molecular formula is C29H37ClFN3O3. The van der Waals surface area contributed by atoms with Crippen molar-refractivity contribution in [3.8, 4) is 11.5 Å². The number of halogens is 2. The van der Waals surface area contributed by atoms with Gasteiger partial charge in [-0.05, 0) is 81.0 Å². The molecule has 200 valence electrons. The fourth-order valence-electron chi connectivity index (χ4n) is 6.97. The van der Waals surface area contributed by atoms with Gasteiger partial charge in [0.25, 0.3) is 0 Å². The Bertz CT molecular complexity index is 1130. The van der Waals surface area contributed by atoms with Crippen molar-refractivity contribution in [3.05, 3.63) is 52.8 Å². The molecule has 3 atom stereocenters. The summed E-state index contributed by atoms with van der Waals surface area (Å²) >= 11 is 5.89. The lowest BCUT2D eigenvalue weighted by Gasteiger charge is -2.47. The number of fused-ring (bicyclic) bond motifs is 1. The van der Waals surface area contributed by atoms with Gasteiger partial charge in [0.2, 0.25) is 0 Å². The molecular weight excluding hydrogens is 493 g/mol. The lowest BCUT2D eigenvalue weighted by molar-refractivity contribution is 0.0825. The monoisotopic (exact) mass is 529 g/mol. The van der Waals surface area contributed by atoms with Crippen LogP contribution in [0, 0.1) is 5.82 Å². The lowest BCUT2D eigenvalue weighted by Crippen LogP contribution is -2.55. The number of hydrogen-bond donors (Lipinski definition) is 2. The number of rotatable bonds is 6. The van der Waals surface area contributed by atoms with Gasteiger partial charge in [-0.3, -0.25) is 4.90 Å². The second-order valence-electron chi connectivity index (χ2n) is 10.7. The average Bonchev–Trinajstić information content (AvgIpc) is 3.30. The van der Waals surface area contributed by atoms with Crippen molar-refractivity contribution in [2.45, 2.75) is 81.3 Å². The van der Waals surface area contributed by atoms with E-state index in [9.17, 15) is 9.18 Å². The number of ether oxygens (including phenoxy) is 2. The van der Waals surface area contributed by atoms with Gasteiger partial charge in [0.1, 0.15) is 5.82 Å². The van der Waals surface area contributed by atoms with Gasteiger partial charge in [0.05, 0.1) is 19.2 Å². The number of methoxy groups -OCH3 is 2. The van der Waals surface area contributed by atoms with Crippen LogP contribution in [0.5, 0.6) is 11.5 Å². The van der Waals surface area contributed by atoms with Gasteiger partial charge in [0.15, 0.2) is 11.5 Å². The van der Waals surface area contributed by atoms with Gasteiger partial charge in [-0.1, -0.05) is 36.9 Å². The highest BCUT2D eigenvalue weighted by Crippen LogP contribution is 2.51. The fraction of sp³-hybridized carbons (Fsp3) is 0.552. The summed E-state index contributed by atoms with van der Waals surface area (Å²) in [5.74, 6) is 1.01. The van der Waals surface area contributed by atoms with E-state index in [0.29, 0.717) is 17.8 Å². The van der Waals surface area contributed by atoms with Crippen LogP contribution >= 0.6 is 11.6 Å². The quantitative estimate of drug-likeness (QED) is 0.447. The van der Waals surface area contributed by atoms with Crippen molar-refractivity contribution in [2.24, 2.45) is 0 Å². The molecule has 0 aromatic heterocycles. The first kappa shape index (κ1) is 26.1. The molecule has 0 bridgehead atoms. The van der Waals surface area contributed by atoms with Crippen LogP contribution in [0.1, 0.15) is 63.4 Å². The number of nitrogens with zero attached hydrogens (tertiary/aromatic N) is 1. The van der Waals surface area contributed by atoms with E-state index in [1.54, 1.807) is 14.2 Å². The highest BCUT2D eigenvalue weighted by atomic mass is 35.5. The summed E-state index contributed by atoms with van der Waals surface area (Å²) in [5.41, 5.74) is 1.80. The van der Waals surface area contributed by atoms with Crippen molar-refractivity contribution in [1.82, 2.24) is 10.2 Å². The van der Waals surface area contributed by atoms with Crippen molar-refractivity contribution in [3.63, 3.8) is 0 Å². The Hall–Kier alpha value is -2.51. The van der Waals surface area contributed by atoms with E-state index in [1.165, 1.54) is 55.9 Å². The Balaban J connectivity index is 1.37. The summed E-state index contributed by atoms with van der Waals surface area (Å²) in [6, 6.07) is 11.3. The summed E-state index contributed by atoms with van der Waals surface area (Å²) in [7, 11) is 3.36. The first-order chi connectivity index (χ1) is 17.9. The van der Waals surface area contributed by atoms with Crippen molar-refractivity contribution in [2.75, 3.05) is 26.1 Å². The molecule has 2 aromatic carbocycles. The number of amides is 2. The van der Waals surface area contributed by atoms with Crippen LogP contribution in [0.3, 0.4) is 0 Å². The zero-order valence-electron chi connectivity index (χ0n) is 21.7. The maximum absolute atomic E-state index is 13.5. The molecule has 8 heteroatoms. The van der Waals surface area contributed by atoms with Crippen molar-refractivity contribution >= 4 is 23.3 Å². The summed E-state index contributed by atoms with van der Waals surface area (Å²) in [4.78, 5) is 15.6. The normalized spacial score (nSPS) is 26.4. The van der Waals surface area contributed by atoms with E-state index in [0.717, 1.165) is 43.7 Å². The summed E-state index contributed by atoms with van der Waals surface area (Å²) in [6.45, 7) is 1.08. The maximum atomic E-state index is 13.5. The Labute approximate surface area is 223 Å². The Morgan fingerprint density at radius 2 is 1.81 bits per heavy atom. The van der Waals surface area contributed by atoms with Crippen molar-refractivity contribution in [1.29, 1.82) is 0 Å². The lowest BCUT2D eigenvalue weighted by atomic mass is 9.64. The minimum Gasteiger partial charge on any atom is -0.493 e. The molecule has 3 unspecified atom stereocenters. The molecule has 1 aliphatic heterocycles. The molecule has 37 heavy (non-hydrogen) atoms. The number of urea groups is 1. The van der Waals surface area contributed by atoms with Crippen LogP contribution < -0.4 is 20.1 Å². The van der Waals surface area contributed by atoms with Gasteiger partial charge in [0, 0.05) is 29.2 Å². The highest BCUT2D eigenvalue weighted by molar-refractivity contribution is 6.31. The summed E-state index contributed by atoms with van der Waals surface area (Å²) < 4.78 is 24.7. The molecule has 1 heterocycles. The van der Waals surface area contributed by atoms with Crippen LogP contribution in [0.25, 0.3) is 0 Å². The number of carbonyl (C=O) groups excluding carboxylic acids is 1. The van der Waals surface area contributed by atoms with Crippen LogP contribution in [-0.2, 0) is 5.41 Å². The van der Waals surface area contributed by atoms with E-state index in [2.05, 4.69) is 27.7 Å². The molecule has 0 spiro atoms. The van der Waals surface area contributed by atoms with E-state index in [-0.39, 0.29) is 22.5 Å². The number of hydrogen-bond acceptors (Lipinski definition) is 4. The molecule has 2 amide bonds. The number of benzene rings is 2. The van der Waals surface area contributed by atoms with E-state index < -0.39 is 5.82 Å². The molecule has 6 nitrogen and oxygen atoms in total. The molecule has 5 rings (SSSR count). The van der Waals surface area contributed by atoms with Crippen LogP contribution in [0.4, 0.5) is 14.9 Å². The first-order valence-electron chi connectivity index (χ1n) is 13.4. The molecule has 3 fully saturated rings. The number of likely N-dealkylation sites (tertiary alicyclic amines) is 1. The predicted octanol–water partition coefficient (Wildman–Crippen LogP) is 6.52. The predicted molar refractivity (Wildman–Crippen MR) is 144 cm³/mol. The Morgan fingerprint density at radius 3 is 2.54 bits per heavy atom. The number of nitrogens with one attached hydrogen (secondary N) is 2. The third-order valence-electron chi connectivity index (χ3n) is 8.82. The molecule has 1 saturated heterocycles. The molecule has 2 saturated carbocycles. The van der Waals surface area contributed by atoms with Gasteiger partial charge in [-0.2, -0.15) is 0 Å². The summed E-state index contributed by atoms with van der Waals surface area (Å²) in [5, 5.41) is 5.99. The third kappa shape index (κ3) is 5.26. The molecule has 2 aliphatic carbocycles. The Kier molecular flexibility index (Phi) is 7.82. The largest absolute Gasteiger partial charge is 0.493 e. The zero-order valence-corrected chi connectivity index (χ0v) is 22.5. The van der Waals surface area contributed by atoms with E-state index >= 15 is 0 Å². The van der Waals surface area contributed by atoms with Gasteiger partial charge >= 0.3 is 6.03 Å². The first-order valence-corrected chi connectivity index (χ1v) is 13.8. The molecule has 2 N–H and O–H groups in total. The summed E-state index contributed by atoms with van der Waals surface area (Å²) in [6.07, 6.45) is 10.3. The van der Waals surface area contributed by atoms with Gasteiger partial charge < -0.3 is 20.1 Å². The molecule has 0 radical (unpaired) electrons. The van der Waals surface area contributed by atoms with Crippen LogP contribution in [0.15, 0.2) is 36.4 Å². The van der Waals surface area contributed by atoms with Crippen LogP contribution in [0.2, 0.25) is 5.02 Å². The van der Waals surface area contributed by atoms with E-state index in [1.807, 2.05) is 6.07 Å². The number of carbonyl (C=O) groups is 1. The standard InChI is InChI=1S/C29H37ClFN3O3/c1-36-25-11-8-19(16-26(25)37-2)29-13-12-21(33-28(35)32-20-9-10-24(31)23(30)17-20)18-27(29)34(15-14-29)22-6-4-3-5-7-22/h8-11,16-17,21-22,27H,3-7,12-15,18H2,1-2H3,(H2,32,33,35). The zero-order chi connectivity index (χ0) is 26.0. The fourth-order valence-corrected chi connectivity index (χ4v) is 7.16. The highest BCUT2D eigenvalue weighted by Gasteiger charge is 2.53. The maximum Gasteiger partial charge on any atom is 0.319 e. The molecule has 3 aliphatic rings. The molecule has 2 aromatic rings.